The molecule has 0 aliphatic carbocycles. The van der Waals surface area contributed by atoms with E-state index in [9.17, 15) is 13.2 Å². The first kappa shape index (κ1) is 19.1. The van der Waals surface area contributed by atoms with E-state index in [0.717, 1.165) is 0 Å². The van der Waals surface area contributed by atoms with E-state index in [4.69, 9.17) is 8.92 Å². The normalized spacial score (nSPS) is 13.1. The van der Waals surface area contributed by atoms with Crippen molar-refractivity contribution in [1.82, 2.24) is 10.9 Å². The quantitative estimate of drug-likeness (QED) is 0.438. The van der Waals surface area contributed by atoms with E-state index in [1.165, 1.54) is 0 Å². The molecular formula is C12H26N2O5S. The summed E-state index contributed by atoms with van der Waals surface area (Å²) in [7, 11) is -3.60. The van der Waals surface area contributed by atoms with E-state index >= 15 is 0 Å². The van der Waals surface area contributed by atoms with Crippen molar-refractivity contribution in [1.29, 1.82) is 0 Å². The lowest BCUT2D eigenvalue weighted by atomic mass is 9.99. The Morgan fingerprint density at radius 2 is 1.65 bits per heavy atom. The fourth-order valence-corrected chi connectivity index (χ4v) is 1.94. The van der Waals surface area contributed by atoms with Gasteiger partial charge in [-0.25, -0.2) is 10.2 Å². The average Bonchev–Trinajstić information content (AvgIpc) is 2.18. The minimum absolute atomic E-state index is 0.0335. The summed E-state index contributed by atoms with van der Waals surface area (Å²) in [6, 6.07) is 0. The maximum atomic E-state index is 11.5. The number of nitrogens with one attached hydrogen (secondary N) is 2. The van der Waals surface area contributed by atoms with Crippen LogP contribution in [0.3, 0.4) is 0 Å². The Balaban J connectivity index is 3.92. The van der Waals surface area contributed by atoms with Gasteiger partial charge >= 0.3 is 6.09 Å². The molecule has 8 heteroatoms. The van der Waals surface area contributed by atoms with Crippen LogP contribution in [-0.4, -0.2) is 39.0 Å². The van der Waals surface area contributed by atoms with Gasteiger partial charge in [0.05, 0.1) is 12.4 Å². The van der Waals surface area contributed by atoms with Gasteiger partial charge in [0.25, 0.3) is 10.1 Å². The fourth-order valence-electron chi connectivity index (χ4n) is 0.940. The third-order valence-corrected chi connectivity index (χ3v) is 2.92. The molecule has 0 saturated heterocycles. The summed E-state index contributed by atoms with van der Waals surface area (Å²) in [5, 5.41) is 0. The van der Waals surface area contributed by atoms with Gasteiger partial charge in [-0.05, 0) is 26.2 Å². The highest BCUT2D eigenvalue weighted by molar-refractivity contribution is 7.86. The Bertz CT molecular complexity index is 407. The van der Waals surface area contributed by atoms with Crippen LogP contribution in [0.4, 0.5) is 4.79 Å². The molecule has 120 valence electrons. The molecule has 2 N–H and O–H groups in total. The Labute approximate surface area is 121 Å². The van der Waals surface area contributed by atoms with Crippen LogP contribution >= 0.6 is 0 Å². The summed E-state index contributed by atoms with van der Waals surface area (Å²) in [4.78, 5) is 11.3. The lowest BCUT2D eigenvalue weighted by molar-refractivity contribution is 0.0499. The zero-order valence-electron chi connectivity index (χ0n) is 13.1. The van der Waals surface area contributed by atoms with Crippen LogP contribution in [0.2, 0.25) is 0 Å². The standard InChI is InChI=1S/C12H26N2O5S/c1-11(2,3)9-18-20(16,17)8-7-13-14-10(15)19-12(4,5)6/h13H,7-9H2,1-6H3,(H,14,15). The second kappa shape index (κ2) is 7.24. The van der Waals surface area contributed by atoms with E-state index < -0.39 is 21.8 Å². The molecule has 0 radical (unpaired) electrons. The summed E-state index contributed by atoms with van der Waals surface area (Å²) in [5.74, 6) is -0.237. The van der Waals surface area contributed by atoms with Crippen LogP contribution < -0.4 is 10.9 Å². The maximum Gasteiger partial charge on any atom is 0.422 e. The van der Waals surface area contributed by atoms with Crippen LogP contribution in [-0.2, 0) is 19.0 Å². The average molecular weight is 310 g/mol. The van der Waals surface area contributed by atoms with Crippen molar-refractivity contribution in [2.45, 2.75) is 47.1 Å². The molecule has 0 bridgehead atoms. The Morgan fingerprint density at radius 3 is 2.10 bits per heavy atom. The largest absolute Gasteiger partial charge is 0.443 e. The van der Waals surface area contributed by atoms with Gasteiger partial charge in [-0.3, -0.25) is 9.61 Å². The zero-order chi connectivity index (χ0) is 16.0. The van der Waals surface area contributed by atoms with E-state index in [-0.39, 0.29) is 24.3 Å². The first-order chi connectivity index (χ1) is 8.81. The minimum atomic E-state index is -3.60. The number of hydrazine groups is 1. The first-order valence-corrected chi connectivity index (χ1v) is 7.97. The maximum absolute atomic E-state index is 11.5. The van der Waals surface area contributed by atoms with Crippen molar-refractivity contribution in [3.63, 3.8) is 0 Å². The number of rotatable bonds is 6. The molecule has 0 atom stereocenters. The van der Waals surface area contributed by atoms with Crippen molar-refractivity contribution in [2.75, 3.05) is 18.9 Å². The van der Waals surface area contributed by atoms with Gasteiger partial charge in [-0.2, -0.15) is 8.42 Å². The van der Waals surface area contributed by atoms with Crippen molar-refractivity contribution >= 4 is 16.2 Å². The molecule has 0 rings (SSSR count). The SMILES string of the molecule is CC(C)(C)COS(=O)(=O)CCNNC(=O)OC(C)(C)C. The molecule has 0 aromatic carbocycles. The molecule has 0 aliphatic heterocycles. The number of amides is 1. The fraction of sp³-hybridized carbons (Fsp3) is 0.917. The van der Waals surface area contributed by atoms with E-state index in [1.807, 2.05) is 20.8 Å². The second-order valence-electron chi connectivity index (χ2n) is 6.64. The van der Waals surface area contributed by atoms with Crippen LogP contribution in [0, 0.1) is 5.41 Å². The molecule has 0 heterocycles. The predicted molar refractivity (Wildman–Crippen MR) is 76.6 cm³/mol. The van der Waals surface area contributed by atoms with E-state index in [0.29, 0.717) is 0 Å². The van der Waals surface area contributed by atoms with E-state index in [2.05, 4.69) is 10.9 Å². The van der Waals surface area contributed by atoms with Crippen LogP contribution in [0.15, 0.2) is 0 Å². The van der Waals surface area contributed by atoms with Gasteiger partial charge in [0, 0.05) is 6.54 Å². The lowest BCUT2D eigenvalue weighted by Gasteiger charge is -2.20. The molecule has 0 spiro atoms. The van der Waals surface area contributed by atoms with Gasteiger partial charge in [0.1, 0.15) is 5.60 Å². The monoisotopic (exact) mass is 310 g/mol. The van der Waals surface area contributed by atoms with E-state index in [1.54, 1.807) is 20.8 Å². The molecule has 0 saturated carbocycles. The molecule has 0 unspecified atom stereocenters. The highest BCUT2D eigenvalue weighted by Crippen LogP contribution is 2.14. The summed E-state index contributed by atoms with van der Waals surface area (Å²) in [6.45, 7) is 11.0. The van der Waals surface area contributed by atoms with Crippen molar-refractivity contribution in [3.05, 3.63) is 0 Å². The Kier molecular flexibility index (Phi) is 6.92. The number of carbonyl (C=O) groups excluding carboxylic acids is 1. The summed E-state index contributed by atoms with van der Waals surface area (Å²) >= 11 is 0. The van der Waals surface area contributed by atoms with Gasteiger partial charge in [-0.1, -0.05) is 20.8 Å². The number of ether oxygens (including phenoxy) is 1. The topological polar surface area (TPSA) is 93.7 Å². The lowest BCUT2D eigenvalue weighted by Crippen LogP contribution is -2.43. The molecule has 0 aromatic heterocycles. The zero-order valence-corrected chi connectivity index (χ0v) is 13.9. The van der Waals surface area contributed by atoms with Crippen LogP contribution in [0.5, 0.6) is 0 Å². The summed E-state index contributed by atoms with van der Waals surface area (Å²) in [5.41, 5.74) is 3.90. The molecule has 0 aromatic rings. The van der Waals surface area contributed by atoms with Crippen molar-refractivity contribution in [2.24, 2.45) is 5.41 Å². The Hall–Kier alpha value is -0.860. The first-order valence-electron chi connectivity index (χ1n) is 6.40. The second-order valence-corrected chi connectivity index (χ2v) is 8.40. The highest BCUT2D eigenvalue weighted by atomic mass is 32.2. The highest BCUT2D eigenvalue weighted by Gasteiger charge is 2.18. The predicted octanol–water partition coefficient (Wildman–Crippen LogP) is 1.41. The third-order valence-electron chi connectivity index (χ3n) is 1.74. The van der Waals surface area contributed by atoms with Gasteiger partial charge in [0.2, 0.25) is 0 Å². The number of carbonyl (C=O) groups is 1. The molecule has 7 nitrogen and oxygen atoms in total. The number of hydrogen-bond donors (Lipinski definition) is 2. The molecule has 1 amide bonds. The van der Waals surface area contributed by atoms with Gasteiger partial charge < -0.3 is 4.74 Å². The molecule has 20 heavy (non-hydrogen) atoms. The molecule has 0 fully saturated rings. The summed E-state index contributed by atoms with van der Waals surface area (Å²) < 4.78 is 32.9. The Morgan fingerprint density at radius 1 is 1.10 bits per heavy atom. The summed E-state index contributed by atoms with van der Waals surface area (Å²) in [6.07, 6.45) is -0.662. The third kappa shape index (κ3) is 12.2. The minimum Gasteiger partial charge on any atom is -0.443 e. The van der Waals surface area contributed by atoms with Gasteiger partial charge in [0.15, 0.2) is 0 Å². The smallest absolute Gasteiger partial charge is 0.422 e. The van der Waals surface area contributed by atoms with Crippen LogP contribution in [0.1, 0.15) is 41.5 Å². The van der Waals surface area contributed by atoms with Crippen molar-refractivity contribution < 1.29 is 22.1 Å². The van der Waals surface area contributed by atoms with Gasteiger partial charge in [-0.15, -0.1) is 0 Å². The molecular weight excluding hydrogens is 284 g/mol. The number of hydrogen-bond acceptors (Lipinski definition) is 6. The molecule has 0 aliphatic rings. The van der Waals surface area contributed by atoms with Crippen LogP contribution in [0.25, 0.3) is 0 Å². The van der Waals surface area contributed by atoms with Crippen molar-refractivity contribution in [3.8, 4) is 0 Å².